The summed E-state index contributed by atoms with van der Waals surface area (Å²) in [5, 5.41) is 10.4. The molecule has 0 bridgehead atoms. The highest BCUT2D eigenvalue weighted by atomic mass is 79.9. The second kappa shape index (κ2) is 8.29. The van der Waals surface area contributed by atoms with Crippen molar-refractivity contribution in [2.45, 2.75) is 24.6 Å². The van der Waals surface area contributed by atoms with Gasteiger partial charge < -0.3 is 5.11 Å². The minimum Gasteiger partial charge on any atom is -0.481 e. The Balaban J connectivity index is 2.06. The van der Waals surface area contributed by atoms with Crippen LogP contribution in [0.25, 0.3) is 0 Å². The second-order valence-corrected chi connectivity index (χ2v) is 9.56. The molecule has 4 nitrogen and oxygen atoms in total. The van der Waals surface area contributed by atoms with E-state index in [9.17, 15) is 27.9 Å². The number of hydrogen-bond acceptors (Lipinski definition) is 2. The van der Waals surface area contributed by atoms with E-state index >= 15 is 0 Å². The summed E-state index contributed by atoms with van der Waals surface area (Å²) in [6, 6.07) is 14.6. The number of benzene rings is 3. The van der Waals surface area contributed by atoms with Crippen LogP contribution >= 0.6 is 31.9 Å². The zero-order valence-corrected chi connectivity index (χ0v) is 20.2. The van der Waals surface area contributed by atoms with Gasteiger partial charge >= 0.3 is 12.1 Å². The van der Waals surface area contributed by atoms with Crippen molar-refractivity contribution < 1.29 is 27.9 Å². The number of fused-ring (bicyclic) bond motifs is 1. The lowest BCUT2D eigenvalue weighted by molar-refractivity contribution is -0.144. The minimum absolute atomic E-state index is 0.0409. The highest BCUT2D eigenvalue weighted by Gasteiger charge is 2.54. The maximum atomic E-state index is 13.7. The Labute approximate surface area is 204 Å². The molecule has 4 rings (SSSR count). The molecule has 3 aromatic carbocycles. The molecule has 0 spiro atoms. The van der Waals surface area contributed by atoms with Crippen molar-refractivity contribution in [1.82, 2.24) is 0 Å². The van der Waals surface area contributed by atoms with Gasteiger partial charge in [0.05, 0.1) is 11.6 Å². The van der Waals surface area contributed by atoms with Crippen LogP contribution in [0.4, 0.5) is 18.9 Å². The number of carboxylic acid groups (broad SMARTS) is 1. The topological polar surface area (TPSA) is 57.6 Å². The van der Waals surface area contributed by atoms with Gasteiger partial charge in [0, 0.05) is 20.2 Å². The van der Waals surface area contributed by atoms with Crippen molar-refractivity contribution in [1.29, 1.82) is 0 Å². The van der Waals surface area contributed by atoms with Gasteiger partial charge in [-0.05, 0) is 86.3 Å². The van der Waals surface area contributed by atoms with Crippen molar-refractivity contribution in [3.05, 3.63) is 97.9 Å². The molecule has 1 aliphatic heterocycles. The number of anilines is 1. The number of rotatable bonds is 3. The maximum Gasteiger partial charge on any atom is 0.416 e. The predicted octanol–water partition coefficient (Wildman–Crippen LogP) is 6.97. The van der Waals surface area contributed by atoms with E-state index in [1.807, 2.05) is 0 Å². The lowest BCUT2D eigenvalue weighted by atomic mass is 9.68. The van der Waals surface area contributed by atoms with Crippen molar-refractivity contribution in [2.24, 2.45) is 0 Å². The first-order valence-electron chi connectivity index (χ1n) is 9.75. The van der Waals surface area contributed by atoms with Crippen LogP contribution in [0.2, 0.25) is 0 Å². The first-order valence-corrected chi connectivity index (χ1v) is 11.3. The average Bonchev–Trinajstić information content (AvgIpc) is 2.77. The van der Waals surface area contributed by atoms with E-state index in [2.05, 4.69) is 31.9 Å². The van der Waals surface area contributed by atoms with Gasteiger partial charge in [-0.1, -0.05) is 30.3 Å². The number of halogens is 5. The lowest BCUT2D eigenvalue weighted by Gasteiger charge is -2.47. The van der Waals surface area contributed by atoms with E-state index in [0.717, 1.165) is 17.0 Å². The van der Waals surface area contributed by atoms with Crippen LogP contribution in [0, 0.1) is 0 Å². The van der Waals surface area contributed by atoms with Gasteiger partial charge in [-0.15, -0.1) is 0 Å². The molecule has 170 valence electrons. The fourth-order valence-electron chi connectivity index (χ4n) is 4.27. The molecule has 0 saturated heterocycles. The largest absolute Gasteiger partial charge is 0.481 e. The monoisotopic (exact) mass is 581 g/mol. The van der Waals surface area contributed by atoms with Crippen LogP contribution in [-0.2, 0) is 16.4 Å². The van der Waals surface area contributed by atoms with Gasteiger partial charge in [0.15, 0.2) is 0 Å². The molecule has 1 heterocycles. The number of amides is 1. The minimum atomic E-state index is -4.63. The Morgan fingerprint density at radius 2 is 1.70 bits per heavy atom. The van der Waals surface area contributed by atoms with Gasteiger partial charge in [-0.25, -0.2) is 0 Å². The summed E-state index contributed by atoms with van der Waals surface area (Å²) in [6.07, 6.45) is -4.63. The van der Waals surface area contributed by atoms with Crippen LogP contribution in [-0.4, -0.2) is 17.0 Å². The molecule has 0 unspecified atom stereocenters. The number of hydrogen-bond donors (Lipinski definition) is 1. The third-order valence-corrected chi connectivity index (χ3v) is 7.78. The second-order valence-electron chi connectivity index (χ2n) is 7.85. The molecule has 0 fully saturated rings. The summed E-state index contributed by atoms with van der Waals surface area (Å²) in [7, 11) is 0. The Bertz CT molecular complexity index is 1280. The number of carboxylic acids is 1. The molecule has 0 saturated carbocycles. The summed E-state index contributed by atoms with van der Waals surface area (Å²) in [5.74, 6) is -1.78. The molecule has 0 aliphatic carbocycles. The summed E-state index contributed by atoms with van der Waals surface area (Å²) in [5.41, 5.74) is -1.73. The molecule has 3 aromatic rings. The van der Waals surface area contributed by atoms with E-state index in [1.54, 1.807) is 36.4 Å². The molecule has 1 amide bonds. The fraction of sp³-hybridized carbons (Fsp3) is 0.167. The summed E-state index contributed by atoms with van der Waals surface area (Å²) in [4.78, 5) is 27.6. The number of carbonyl (C=O) groups is 2. The quantitative estimate of drug-likeness (QED) is 0.363. The van der Waals surface area contributed by atoms with Crippen LogP contribution in [0.3, 0.4) is 0 Å². The SMILES string of the molecule is C[C@@]1(C(=O)O)c2ccccc2C(=O)N(c2cccc(C(F)(F)F)c2)[C@@H]1c1ccc(Br)c(Br)c1. The third kappa shape index (κ3) is 3.87. The van der Waals surface area contributed by atoms with Gasteiger partial charge in [-0.3, -0.25) is 14.5 Å². The normalized spacial score (nSPS) is 20.5. The zero-order valence-electron chi connectivity index (χ0n) is 17.0. The summed E-state index contributed by atoms with van der Waals surface area (Å²) < 4.78 is 41.7. The van der Waals surface area contributed by atoms with Crippen molar-refractivity contribution in [2.75, 3.05) is 4.90 Å². The van der Waals surface area contributed by atoms with Crippen molar-refractivity contribution in [3.63, 3.8) is 0 Å². The standard InChI is InChI=1S/C24H16Br2F3NO3/c1-23(22(32)33)17-8-3-2-7-16(17)21(31)30(15-6-4-5-14(12-15)24(27,28)29)20(23)13-9-10-18(25)19(26)11-13/h2-12,20H,1H3,(H,32,33)/t20-,23-/m1/s1. The number of alkyl halides is 3. The van der Waals surface area contributed by atoms with E-state index < -0.39 is 35.1 Å². The van der Waals surface area contributed by atoms with E-state index in [4.69, 9.17) is 0 Å². The van der Waals surface area contributed by atoms with Gasteiger partial charge in [0.2, 0.25) is 0 Å². The summed E-state index contributed by atoms with van der Waals surface area (Å²) >= 11 is 6.77. The fourth-order valence-corrected chi connectivity index (χ4v) is 4.91. The Kier molecular flexibility index (Phi) is 5.90. The van der Waals surface area contributed by atoms with Crippen LogP contribution in [0.1, 0.15) is 40.0 Å². The molecular formula is C24H16Br2F3NO3. The molecule has 0 aromatic heterocycles. The predicted molar refractivity (Wildman–Crippen MR) is 124 cm³/mol. The molecule has 2 atom stereocenters. The van der Waals surface area contributed by atoms with Gasteiger partial charge in [-0.2, -0.15) is 13.2 Å². The van der Waals surface area contributed by atoms with E-state index in [-0.39, 0.29) is 11.3 Å². The molecule has 1 N–H and O–H groups in total. The number of nitrogens with zero attached hydrogens (tertiary/aromatic N) is 1. The van der Waals surface area contributed by atoms with Crippen molar-refractivity contribution in [3.8, 4) is 0 Å². The first-order chi connectivity index (χ1) is 15.5. The highest BCUT2D eigenvalue weighted by molar-refractivity contribution is 9.13. The van der Waals surface area contributed by atoms with Crippen LogP contribution in [0.15, 0.2) is 75.7 Å². The molecule has 0 radical (unpaired) electrons. The highest BCUT2D eigenvalue weighted by Crippen LogP contribution is 2.50. The van der Waals surface area contributed by atoms with Crippen LogP contribution in [0.5, 0.6) is 0 Å². The van der Waals surface area contributed by atoms with Crippen LogP contribution < -0.4 is 4.90 Å². The Morgan fingerprint density at radius 1 is 1.00 bits per heavy atom. The van der Waals surface area contributed by atoms with E-state index in [1.165, 1.54) is 25.1 Å². The number of aliphatic carboxylic acids is 1. The van der Waals surface area contributed by atoms with Gasteiger partial charge in [0.25, 0.3) is 5.91 Å². The Hall–Kier alpha value is -2.65. The molecule has 33 heavy (non-hydrogen) atoms. The third-order valence-electron chi connectivity index (χ3n) is 5.90. The smallest absolute Gasteiger partial charge is 0.416 e. The number of carbonyl (C=O) groups excluding carboxylic acids is 1. The Morgan fingerprint density at radius 3 is 2.33 bits per heavy atom. The maximum absolute atomic E-state index is 13.7. The lowest BCUT2D eigenvalue weighted by Crippen LogP contribution is -2.54. The summed E-state index contributed by atoms with van der Waals surface area (Å²) in [6.45, 7) is 1.49. The van der Waals surface area contributed by atoms with E-state index in [0.29, 0.717) is 20.1 Å². The molecule has 9 heteroatoms. The van der Waals surface area contributed by atoms with Gasteiger partial charge in [0.1, 0.15) is 5.41 Å². The van der Waals surface area contributed by atoms with Crippen molar-refractivity contribution >= 4 is 49.4 Å². The average molecular weight is 583 g/mol. The zero-order chi connectivity index (χ0) is 24.1. The first kappa shape index (κ1) is 23.5. The molecular weight excluding hydrogens is 567 g/mol. The molecule has 1 aliphatic rings.